The highest BCUT2D eigenvalue weighted by Crippen LogP contribution is 2.39. The number of hydrogen-bond acceptors (Lipinski definition) is 4. The van der Waals surface area contributed by atoms with Gasteiger partial charge < -0.3 is 19.0 Å². The monoisotopic (exact) mass is 421 g/mol. The largest absolute Gasteiger partial charge is 0.497 e. The number of nitrogens with one attached hydrogen (secondary N) is 1. The molecule has 6 nitrogen and oxygen atoms in total. The van der Waals surface area contributed by atoms with E-state index in [1.54, 1.807) is 12.0 Å². The van der Waals surface area contributed by atoms with Crippen LogP contribution in [0, 0.1) is 13.8 Å². The molecule has 2 aromatic carbocycles. The standard InChI is InChI=1S/C25H28N2O4/c1-15-12-19-20(13-16(15)2)31-24-21(23(19)28)22(17-8-6-9-18(14-17)30-5)27(25(24)29)11-7-10-26(3)4/h6,8-9,12-14,22H,7,10-11H2,1-5H3/p+1. The highest BCUT2D eigenvalue weighted by molar-refractivity contribution is 5.99. The van der Waals surface area contributed by atoms with E-state index in [0.29, 0.717) is 28.8 Å². The number of methoxy groups -OCH3 is 1. The zero-order valence-corrected chi connectivity index (χ0v) is 18.7. The molecule has 0 bridgehead atoms. The molecular formula is C25H29N2O4+. The number of benzene rings is 2. The second-order valence-electron chi connectivity index (χ2n) is 8.59. The van der Waals surface area contributed by atoms with Gasteiger partial charge >= 0.3 is 0 Å². The van der Waals surface area contributed by atoms with Crippen molar-refractivity contribution in [3.8, 4) is 5.75 Å². The molecule has 1 aromatic heterocycles. The van der Waals surface area contributed by atoms with Crippen molar-refractivity contribution in [2.75, 3.05) is 34.3 Å². The van der Waals surface area contributed by atoms with Gasteiger partial charge in [0.1, 0.15) is 11.3 Å². The Hall–Kier alpha value is -3.12. The van der Waals surface area contributed by atoms with Crippen LogP contribution in [0.15, 0.2) is 45.6 Å². The lowest BCUT2D eigenvalue weighted by Crippen LogP contribution is -3.05. The van der Waals surface area contributed by atoms with E-state index in [-0.39, 0.29) is 17.1 Å². The van der Waals surface area contributed by atoms with Crippen molar-refractivity contribution >= 4 is 16.9 Å². The molecule has 0 spiro atoms. The minimum Gasteiger partial charge on any atom is -0.497 e. The number of hydrogen-bond donors (Lipinski definition) is 1. The predicted molar refractivity (Wildman–Crippen MR) is 120 cm³/mol. The number of amides is 1. The van der Waals surface area contributed by atoms with E-state index in [1.807, 2.05) is 50.2 Å². The molecule has 31 heavy (non-hydrogen) atoms. The molecule has 0 radical (unpaired) electrons. The Bertz CT molecular complexity index is 1210. The Morgan fingerprint density at radius 1 is 1.10 bits per heavy atom. The first-order valence-electron chi connectivity index (χ1n) is 10.6. The second-order valence-corrected chi connectivity index (χ2v) is 8.59. The van der Waals surface area contributed by atoms with Crippen molar-refractivity contribution in [2.45, 2.75) is 26.3 Å². The number of nitrogens with zero attached hydrogens (tertiary/aromatic N) is 1. The van der Waals surface area contributed by atoms with Gasteiger partial charge in [-0.05, 0) is 54.8 Å². The minimum atomic E-state index is -0.489. The van der Waals surface area contributed by atoms with Crippen LogP contribution in [0.5, 0.6) is 5.75 Å². The summed E-state index contributed by atoms with van der Waals surface area (Å²) in [4.78, 5) is 30.1. The summed E-state index contributed by atoms with van der Waals surface area (Å²) in [5.74, 6) is 0.618. The molecule has 0 saturated carbocycles. The van der Waals surface area contributed by atoms with E-state index < -0.39 is 6.04 Å². The van der Waals surface area contributed by atoms with Gasteiger partial charge in [0.2, 0.25) is 5.76 Å². The zero-order chi connectivity index (χ0) is 22.3. The van der Waals surface area contributed by atoms with E-state index in [1.165, 1.54) is 4.90 Å². The minimum absolute atomic E-state index is 0.138. The molecule has 3 aromatic rings. The van der Waals surface area contributed by atoms with E-state index in [9.17, 15) is 9.59 Å². The average molecular weight is 422 g/mol. The van der Waals surface area contributed by atoms with E-state index in [2.05, 4.69) is 14.1 Å². The summed E-state index contributed by atoms with van der Waals surface area (Å²) in [6.45, 7) is 5.41. The van der Waals surface area contributed by atoms with Crippen LogP contribution in [0.25, 0.3) is 11.0 Å². The van der Waals surface area contributed by atoms with Gasteiger partial charge in [0.05, 0.1) is 44.7 Å². The molecule has 162 valence electrons. The molecular weight excluding hydrogens is 392 g/mol. The van der Waals surface area contributed by atoms with Crippen molar-refractivity contribution in [1.29, 1.82) is 0 Å². The first-order valence-corrected chi connectivity index (χ1v) is 10.6. The third-order valence-electron chi connectivity index (χ3n) is 6.07. The number of aryl methyl sites for hydroxylation is 2. The Labute approximate surface area is 182 Å². The lowest BCUT2D eigenvalue weighted by Gasteiger charge is -2.25. The molecule has 0 fully saturated rings. The van der Waals surface area contributed by atoms with Gasteiger partial charge in [0.15, 0.2) is 5.43 Å². The molecule has 1 atom stereocenters. The first-order chi connectivity index (χ1) is 14.8. The van der Waals surface area contributed by atoms with Crippen LogP contribution in [-0.2, 0) is 0 Å². The molecule has 1 unspecified atom stereocenters. The van der Waals surface area contributed by atoms with Crippen LogP contribution in [0.2, 0.25) is 0 Å². The van der Waals surface area contributed by atoms with E-state index in [4.69, 9.17) is 9.15 Å². The number of carbonyl (C=O) groups excluding carboxylic acids is 1. The van der Waals surface area contributed by atoms with Crippen molar-refractivity contribution < 1.29 is 18.8 Å². The SMILES string of the molecule is COc1cccc(C2c3c(oc4cc(C)c(C)cc4c3=O)C(=O)N2CCC[NH+](C)C)c1. The number of fused-ring (bicyclic) bond motifs is 2. The molecule has 4 rings (SSSR count). The zero-order valence-electron chi connectivity index (χ0n) is 18.7. The lowest BCUT2D eigenvalue weighted by molar-refractivity contribution is -0.858. The quantitative estimate of drug-likeness (QED) is 0.664. The highest BCUT2D eigenvalue weighted by Gasteiger charge is 2.42. The maximum Gasteiger partial charge on any atom is 0.290 e. The summed E-state index contributed by atoms with van der Waals surface area (Å²) in [7, 11) is 5.78. The van der Waals surface area contributed by atoms with Gasteiger partial charge in [0, 0.05) is 13.0 Å². The van der Waals surface area contributed by atoms with Gasteiger partial charge in [-0.3, -0.25) is 9.59 Å². The van der Waals surface area contributed by atoms with Crippen LogP contribution >= 0.6 is 0 Å². The molecule has 0 aliphatic carbocycles. The summed E-state index contributed by atoms with van der Waals surface area (Å²) in [6, 6.07) is 10.8. The van der Waals surface area contributed by atoms with Gasteiger partial charge in [-0.1, -0.05) is 12.1 Å². The third kappa shape index (κ3) is 3.72. The lowest BCUT2D eigenvalue weighted by atomic mass is 9.97. The van der Waals surface area contributed by atoms with Gasteiger partial charge in [-0.15, -0.1) is 0 Å². The van der Waals surface area contributed by atoms with Crippen molar-refractivity contribution in [3.05, 3.63) is 74.6 Å². The molecule has 1 amide bonds. The van der Waals surface area contributed by atoms with Crippen molar-refractivity contribution in [2.24, 2.45) is 0 Å². The first kappa shape index (κ1) is 21.1. The molecule has 2 heterocycles. The Balaban J connectivity index is 1.91. The molecule has 6 heteroatoms. The van der Waals surface area contributed by atoms with E-state index in [0.717, 1.165) is 29.7 Å². The molecule has 1 aliphatic rings. The Morgan fingerprint density at radius 2 is 1.84 bits per heavy atom. The molecule has 1 aliphatic heterocycles. The van der Waals surface area contributed by atoms with Gasteiger partial charge in [0.25, 0.3) is 5.91 Å². The van der Waals surface area contributed by atoms with Crippen LogP contribution < -0.4 is 15.1 Å². The summed E-state index contributed by atoms with van der Waals surface area (Å²) >= 11 is 0. The summed E-state index contributed by atoms with van der Waals surface area (Å²) < 4.78 is 11.5. The van der Waals surface area contributed by atoms with Crippen LogP contribution in [0.1, 0.15) is 45.3 Å². The van der Waals surface area contributed by atoms with Crippen LogP contribution in [0.4, 0.5) is 0 Å². The van der Waals surface area contributed by atoms with Gasteiger partial charge in [-0.25, -0.2) is 0 Å². The number of carbonyl (C=O) groups is 1. The summed E-state index contributed by atoms with van der Waals surface area (Å²) in [5, 5.41) is 0.516. The maximum atomic E-state index is 13.6. The van der Waals surface area contributed by atoms with Crippen molar-refractivity contribution in [1.82, 2.24) is 4.90 Å². The molecule has 1 N–H and O–H groups in total. The number of rotatable bonds is 6. The van der Waals surface area contributed by atoms with Crippen molar-refractivity contribution in [3.63, 3.8) is 0 Å². The number of ether oxygens (including phenoxy) is 1. The highest BCUT2D eigenvalue weighted by atomic mass is 16.5. The fourth-order valence-corrected chi connectivity index (χ4v) is 4.27. The van der Waals surface area contributed by atoms with Crippen LogP contribution in [0.3, 0.4) is 0 Å². The average Bonchev–Trinajstić information content (AvgIpc) is 3.02. The number of quaternary nitrogens is 1. The summed E-state index contributed by atoms with van der Waals surface area (Å²) in [6.07, 6.45) is 0.828. The Kier molecular flexibility index (Phi) is 5.58. The third-order valence-corrected chi connectivity index (χ3v) is 6.07. The molecule has 0 saturated heterocycles. The topological polar surface area (TPSA) is 64.2 Å². The van der Waals surface area contributed by atoms with Gasteiger partial charge in [-0.2, -0.15) is 0 Å². The smallest absolute Gasteiger partial charge is 0.290 e. The Morgan fingerprint density at radius 3 is 2.55 bits per heavy atom. The predicted octanol–water partition coefficient (Wildman–Crippen LogP) is 2.50. The van der Waals surface area contributed by atoms with E-state index >= 15 is 0 Å². The normalized spacial score (nSPS) is 15.7. The maximum absolute atomic E-state index is 13.6. The fraction of sp³-hybridized carbons (Fsp3) is 0.360. The fourth-order valence-electron chi connectivity index (χ4n) is 4.27. The summed E-state index contributed by atoms with van der Waals surface area (Å²) in [5.41, 5.74) is 3.64. The van der Waals surface area contributed by atoms with Crippen LogP contribution in [-0.4, -0.2) is 45.1 Å². The second kappa shape index (κ2) is 8.19.